The van der Waals surface area contributed by atoms with Gasteiger partial charge in [0.05, 0.1) is 0 Å². The average Bonchev–Trinajstić information content (AvgIpc) is 2.67. The molecule has 2 heterocycles. The number of hydrogen-bond donors (Lipinski definition) is 1. The third kappa shape index (κ3) is 2.92. The van der Waals surface area contributed by atoms with Crippen LogP contribution < -0.4 is 0 Å². The molecule has 2 rings (SSSR count). The fourth-order valence-electron chi connectivity index (χ4n) is 2.66. The third-order valence-electron chi connectivity index (χ3n) is 3.49. The van der Waals surface area contributed by atoms with Crippen molar-refractivity contribution < 1.29 is 14.6 Å². The van der Waals surface area contributed by atoms with Gasteiger partial charge in [-0.2, -0.15) is 0 Å². The molecule has 0 amide bonds. The van der Waals surface area contributed by atoms with Gasteiger partial charge in [0.2, 0.25) is 0 Å². The van der Waals surface area contributed by atoms with Crippen molar-refractivity contribution in [3.05, 3.63) is 0 Å². The molecule has 0 radical (unpaired) electrons. The van der Waals surface area contributed by atoms with E-state index in [-0.39, 0.29) is 0 Å². The molecular formula is C11H19NO3. The number of carboxylic acid groups (broad SMARTS) is 1. The molecule has 1 N–H and O–H groups in total. The Labute approximate surface area is 90.2 Å². The highest BCUT2D eigenvalue weighted by Gasteiger charge is 2.30. The van der Waals surface area contributed by atoms with Crippen molar-refractivity contribution in [3.63, 3.8) is 0 Å². The van der Waals surface area contributed by atoms with E-state index in [9.17, 15) is 4.79 Å². The van der Waals surface area contributed by atoms with E-state index in [4.69, 9.17) is 9.84 Å². The Balaban J connectivity index is 1.78. The van der Waals surface area contributed by atoms with E-state index in [0.29, 0.717) is 18.4 Å². The summed E-state index contributed by atoms with van der Waals surface area (Å²) < 4.78 is 5.33. The van der Waals surface area contributed by atoms with Gasteiger partial charge in [-0.25, -0.2) is 0 Å². The summed E-state index contributed by atoms with van der Waals surface area (Å²) in [6.45, 7) is 3.77. The Morgan fingerprint density at radius 3 is 2.73 bits per heavy atom. The number of carboxylic acids is 1. The molecule has 4 nitrogen and oxygen atoms in total. The zero-order valence-corrected chi connectivity index (χ0v) is 9.02. The zero-order valence-electron chi connectivity index (χ0n) is 9.02. The van der Waals surface area contributed by atoms with Crippen LogP contribution in [0.4, 0.5) is 0 Å². The van der Waals surface area contributed by atoms with Crippen LogP contribution in [0.2, 0.25) is 0 Å². The molecule has 0 aromatic rings. The molecule has 1 atom stereocenters. The summed E-state index contributed by atoms with van der Waals surface area (Å²) in [4.78, 5) is 13.1. The molecule has 2 aliphatic heterocycles. The first-order valence-corrected chi connectivity index (χ1v) is 5.79. The number of ether oxygens (including phenoxy) is 1. The van der Waals surface area contributed by atoms with Crippen LogP contribution in [0, 0.1) is 5.92 Å². The van der Waals surface area contributed by atoms with Gasteiger partial charge in [0.1, 0.15) is 0 Å². The van der Waals surface area contributed by atoms with Gasteiger partial charge in [0.15, 0.2) is 0 Å². The lowest BCUT2D eigenvalue weighted by atomic mass is 10.0. The summed E-state index contributed by atoms with van der Waals surface area (Å²) in [6.07, 6.45) is 3.60. The lowest BCUT2D eigenvalue weighted by molar-refractivity contribution is -0.138. The number of nitrogens with zero attached hydrogens (tertiary/aromatic N) is 1. The average molecular weight is 213 g/mol. The first-order valence-electron chi connectivity index (χ1n) is 5.79. The molecule has 0 aromatic heterocycles. The maximum Gasteiger partial charge on any atom is 0.303 e. The van der Waals surface area contributed by atoms with Crippen molar-refractivity contribution in [2.45, 2.75) is 31.7 Å². The minimum atomic E-state index is -0.658. The summed E-state index contributed by atoms with van der Waals surface area (Å²) in [5.41, 5.74) is 0. The molecule has 0 bridgehead atoms. The summed E-state index contributed by atoms with van der Waals surface area (Å²) in [6, 6.07) is 0.637. The quantitative estimate of drug-likeness (QED) is 0.758. The Hall–Kier alpha value is -0.610. The largest absolute Gasteiger partial charge is 0.481 e. The normalized spacial score (nSPS) is 29.5. The minimum Gasteiger partial charge on any atom is -0.481 e. The Bertz CT molecular complexity index is 226. The highest BCUT2D eigenvalue weighted by Crippen LogP contribution is 2.25. The van der Waals surface area contributed by atoms with E-state index >= 15 is 0 Å². The first kappa shape index (κ1) is 10.9. The number of aliphatic carboxylic acids is 1. The minimum absolute atomic E-state index is 0.333. The molecule has 0 saturated carbocycles. The van der Waals surface area contributed by atoms with E-state index < -0.39 is 5.97 Å². The molecule has 0 aromatic carbocycles. The van der Waals surface area contributed by atoms with Crippen molar-refractivity contribution in [3.8, 4) is 0 Å². The van der Waals surface area contributed by atoms with Gasteiger partial charge in [-0.3, -0.25) is 9.69 Å². The van der Waals surface area contributed by atoms with Crippen LogP contribution in [0.15, 0.2) is 0 Å². The second-order valence-corrected chi connectivity index (χ2v) is 4.59. The van der Waals surface area contributed by atoms with E-state index in [1.54, 1.807) is 0 Å². The van der Waals surface area contributed by atoms with Gasteiger partial charge in [0.25, 0.3) is 0 Å². The first-order chi connectivity index (χ1) is 7.25. The molecule has 2 fully saturated rings. The topological polar surface area (TPSA) is 49.8 Å². The zero-order chi connectivity index (χ0) is 10.7. The fourth-order valence-corrected chi connectivity index (χ4v) is 2.66. The van der Waals surface area contributed by atoms with Crippen molar-refractivity contribution >= 4 is 5.97 Å². The molecule has 0 aliphatic carbocycles. The fraction of sp³-hybridized carbons (Fsp3) is 0.909. The second kappa shape index (κ2) is 4.94. The SMILES string of the molecule is O=C(O)CC1CCN(C2CCOCC2)C1. The summed E-state index contributed by atoms with van der Waals surface area (Å²) in [5, 5.41) is 8.73. The summed E-state index contributed by atoms with van der Waals surface area (Å²) >= 11 is 0. The molecule has 86 valence electrons. The van der Waals surface area contributed by atoms with Crippen LogP contribution in [-0.2, 0) is 9.53 Å². The highest BCUT2D eigenvalue weighted by molar-refractivity contribution is 5.67. The molecular weight excluding hydrogens is 194 g/mol. The van der Waals surface area contributed by atoms with Crippen molar-refractivity contribution in [2.75, 3.05) is 26.3 Å². The standard InChI is InChI=1S/C11H19NO3/c13-11(14)7-9-1-4-12(8-9)10-2-5-15-6-3-10/h9-10H,1-8H2,(H,13,14). The van der Waals surface area contributed by atoms with E-state index in [1.807, 2.05) is 0 Å². The van der Waals surface area contributed by atoms with Gasteiger partial charge in [0, 0.05) is 32.2 Å². The van der Waals surface area contributed by atoms with Crippen LogP contribution in [0.25, 0.3) is 0 Å². The Morgan fingerprint density at radius 2 is 2.07 bits per heavy atom. The third-order valence-corrected chi connectivity index (χ3v) is 3.49. The van der Waals surface area contributed by atoms with Gasteiger partial charge < -0.3 is 9.84 Å². The van der Waals surface area contributed by atoms with Gasteiger partial charge >= 0.3 is 5.97 Å². The summed E-state index contributed by atoms with van der Waals surface area (Å²) in [5.74, 6) is -0.292. The Kier molecular flexibility index (Phi) is 3.59. The van der Waals surface area contributed by atoms with E-state index in [0.717, 1.165) is 45.6 Å². The van der Waals surface area contributed by atoms with Crippen LogP contribution in [0.1, 0.15) is 25.7 Å². The smallest absolute Gasteiger partial charge is 0.303 e. The van der Waals surface area contributed by atoms with Gasteiger partial charge in [-0.05, 0) is 31.7 Å². The van der Waals surface area contributed by atoms with Gasteiger partial charge in [-0.15, -0.1) is 0 Å². The number of carbonyl (C=O) groups is 1. The lowest BCUT2D eigenvalue weighted by Crippen LogP contribution is -2.37. The van der Waals surface area contributed by atoms with E-state index in [1.165, 1.54) is 0 Å². The van der Waals surface area contributed by atoms with Crippen LogP contribution in [-0.4, -0.2) is 48.3 Å². The van der Waals surface area contributed by atoms with Crippen molar-refractivity contribution in [1.82, 2.24) is 4.90 Å². The Morgan fingerprint density at radius 1 is 1.33 bits per heavy atom. The molecule has 1 unspecified atom stereocenters. The number of rotatable bonds is 3. The van der Waals surface area contributed by atoms with Crippen molar-refractivity contribution in [2.24, 2.45) is 5.92 Å². The van der Waals surface area contributed by atoms with Crippen LogP contribution >= 0.6 is 0 Å². The monoisotopic (exact) mass is 213 g/mol. The van der Waals surface area contributed by atoms with Gasteiger partial charge in [-0.1, -0.05) is 0 Å². The highest BCUT2D eigenvalue weighted by atomic mass is 16.5. The number of likely N-dealkylation sites (tertiary alicyclic amines) is 1. The maximum absolute atomic E-state index is 10.6. The number of hydrogen-bond acceptors (Lipinski definition) is 3. The van der Waals surface area contributed by atoms with Crippen LogP contribution in [0.3, 0.4) is 0 Å². The van der Waals surface area contributed by atoms with Crippen molar-refractivity contribution in [1.29, 1.82) is 0 Å². The molecule has 2 aliphatic rings. The molecule has 15 heavy (non-hydrogen) atoms. The molecule has 2 saturated heterocycles. The van der Waals surface area contributed by atoms with Crippen LogP contribution in [0.5, 0.6) is 0 Å². The molecule has 4 heteroatoms. The predicted octanol–water partition coefficient (Wildman–Crippen LogP) is 0.962. The summed E-state index contributed by atoms with van der Waals surface area (Å²) in [7, 11) is 0. The molecule has 0 spiro atoms. The second-order valence-electron chi connectivity index (χ2n) is 4.59. The predicted molar refractivity (Wildman–Crippen MR) is 55.8 cm³/mol. The maximum atomic E-state index is 10.6. The van der Waals surface area contributed by atoms with E-state index in [2.05, 4.69) is 4.90 Å². The lowest BCUT2D eigenvalue weighted by Gasteiger charge is -2.30.